The highest BCUT2D eigenvalue weighted by molar-refractivity contribution is 5.68. The summed E-state index contributed by atoms with van der Waals surface area (Å²) in [6.45, 7) is 9.35. The lowest BCUT2D eigenvalue weighted by atomic mass is 10.1. The summed E-state index contributed by atoms with van der Waals surface area (Å²) in [4.78, 5) is 11.7. The number of carbonyl (C=O) groups is 1. The molecule has 0 fully saturated rings. The molecule has 0 aromatic heterocycles. The molecule has 0 saturated carbocycles. The van der Waals surface area contributed by atoms with Crippen molar-refractivity contribution in [1.29, 1.82) is 0 Å². The van der Waals surface area contributed by atoms with E-state index in [-0.39, 0.29) is 6.04 Å². The highest BCUT2D eigenvalue weighted by Crippen LogP contribution is 2.08. The number of alkyl carbamates (subject to hydrolysis) is 1. The van der Waals surface area contributed by atoms with E-state index < -0.39 is 17.8 Å². The van der Waals surface area contributed by atoms with E-state index in [0.717, 1.165) is 32.1 Å². The van der Waals surface area contributed by atoms with Gasteiger partial charge in [0.1, 0.15) is 5.60 Å². The Morgan fingerprint density at radius 1 is 0.963 bits per heavy atom. The number of ether oxygens (including phenoxy) is 1. The minimum absolute atomic E-state index is 0.358. The molecule has 0 bridgehead atoms. The van der Waals surface area contributed by atoms with Crippen LogP contribution in [0.3, 0.4) is 0 Å². The number of rotatable bonds is 12. The third-order valence-electron chi connectivity index (χ3n) is 3.65. The quantitative estimate of drug-likeness (QED) is 0.331. The predicted molar refractivity (Wildman–Crippen MR) is 115 cm³/mol. The Bertz CT molecular complexity index is 498. The van der Waals surface area contributed by atoms with E-state index in [0.29, 0.717) is 6.42 Å². The van der Waals surface area contributed by atoms with Crippen LogP contribution in [0.1, 0.15) is 73.1 Å². The zero-order chi connectivity index (χ0) is 20.5. The minimum atomic E-state index is -0.629. The summed E-state index contributed by atoms with van der Waals surface area (Å²) >= 11 is 0. The average Bonchev–Trinajstić information content (AvgIpc) is 2.57. The van der Waals surface area contributed by atoms with Gasteiger partial charge in [-0.3, -0.25) is 0 Å². The zero-order valence-electron chi connectivity index (χ0n) is 17.8. The molecule has 2 atom stereocenters. The fraction of sp³-hybridized carbons (Fsp3) is 0.609. The molecule has 0 aromatic rings. The molecule has 0 spiro atoms. The van der Waals surface area contributed by atoms with Crippen LogP contribution < -0.4 is 5.32 Å². The van der Waals surface area contributed by atoms with Crippen molar-refractivity contribution in [3.8, 4) is 0 Å². The van der Waals surface area contributed by atoms with Gasteiger partial charge in [-0.15, -0.1) is 0 Å². The lowest BCUT2D eigenvalue weighted by molar-refractivity contribution is 0.0439. The Labute approximate surface area is 166 Å². The van der Waals surface area contributed by atoms with Crippen molar-refractivity contribution >= 4 is 6.09 Å². The van der Waals surface area contributed by atoms with E-state index in [4.69, 9.17) is 4.74 Å². The SMILES string of the molecule is CC/C=C\C/C=C\C/C=C\CC/C=C/C[C@H](O)[C@@H](C)NC(=O)OC(C)(C)C. The van der Waals surface area contributed by atoms with Crippen LogP contribution in [0.15, 0.2) is 48.6 Å². The molecule has 2 N–H and O–H groups in total. The number of aliphatic hydroxyl groups is 1. The number of allylic oxidation sites excluding steroid dienone is 7. The second-order valence-electron chi connectivity index (χ2n) is 7.58. The van der Waals surface area contributed by atoms with Crippen LogP contribution >= 0.6 is 0 Å². The number of amides is 1. The molecule has 0 rings (SSSR count). The van der Waals surface area contributed by atoms with Gasteiger partial charge in [0.15, 0.2) is 0 Å². The molecular weight excluding hydrogens is 338 g/mol. The first-order chi connectivity index (χ1) is 12.8. The van der Waals surface area contributed by atoms with E-state index >= 15 is 0 Å². The molecule has 0 heterocycles. The first-order valence-electron chi connectivity index (χ1n) is 10.0. The Morgan fingerprint density at radius 3 is 2.04 bits per heavy atom. The second kappa shape index (κ2) is 15.3. The van der Waals surface area contributed by atoms with Gasteiger partial charge in [-0.05, 0) is 66.2 Å². The maximum absolute atomic E-state index is 11.7. The fourth-order valence-electron chi connectivity index (χ4n) is 2.17. The van der Waals surface area contributed by atoms with Crippen LogP contribution in [0.5, 0.6) is 0 Å². The van der Waals surface area contributed by atoms with Crippen LogP contribution in [-0.4, -0.2) is 28.9 Å². The van der Waals surface area contributed by atoms with Gasteiger partial charge < -0.3 is 15.2 Å². The van der Waals surface area contributed by atoms with Gasteiger partial charge in [0.05, 0.1) is 12.1 Å². The van der Waals surface area contributed by atoms with Gasteiger partial charge in [-0.1, -0.05) is 55.5 Å². The molecule has 0 aromatic carbocycles. The molecular formula is C23H39NO3. The molecule has 27 heavy (non-hydrogen) atoms. The number of hydrogen-bond acceptors (Lipinski definition) is 3. The van der Waals surface area contributed by atoms with E-state index in [1.54, 1.807) is 6.92 Å². The molecule has 0 unspecified atom stereocenters. The average molecular weight is 378 g/mol. The number of carbonyl (C=O) groups excluding carboxylic acids is 1. The standard InChI is InChI=1S/C23H39NO3/c1-6-7-8-9-10-11-12-13-14-15-16-17-18-19-21(25)20(2)24-22(26)27-23(3,4)5/h7-8,10-11,13-14,17-18,20-21,25H,6,9,12,15-16,19H2,1-5H3,(H,24,26)/b8-7-,11-10-,14-13-,18-17+/t20-,21+/m1/s1. The monoisotopic (exact) mass is 377 g/mol. The van der Waals surface area contributed by atoms with Crippen molar-refractivity contribution < 1.29 is 14.6 Å². The van der Waals surface area contributed by atoms with Crippen molar-refractivity contribution in [2.75, 3.05) is 0 Å². The maximum atomic E-state index is 11.7. The Hall–Kier alpha value is -1.81. The summed E-state index contributed by atoms with van der Waals surface area (Å²) in [7, 11) is 0. The van der Waals surface area contributed by atoms with Gasteiger partial charge in [-0.2, -0.15) is 0 Å². The fourth-order valence-corrected chi connectivity index (χ4v) is 2.17. The van der Waals surface area contributed by atoms with Gasteiger partial charge in [-0.25, -0.2) is 4.79 Å². The summed E-state index contributed by atoms with van der Waals surface area (Å²) < 4.78 is 5.19. The summed E-state index contributed by atoms with van der Waals surface area (Å²) in [5.41, 5.74) is -0.538. The number of aliphatic hydroxyl groups excluding tert-OH is 1. The molecule has 0 saturated heterocycles. The third-order valence-corrected chi connectivity index (χ3v) is 3.65. The van der Waals surface area contributed by atoms with E-state index in [9.17, 15) is 9.90 Å². The molecule has 4 nitrogen and oxygen atoms in total. The van der Waals surface area contributed by atoms with Crippen molar-refractivity contribution in [3.05, 3.63) is 48.6 Å². The van der Waals surface area contributed by atoms with Gasteiger partial charge in [0, 0.05) is 0 Å². The smallest absolute Gasteiger partial charge is 0.407 e. The number of hydrogen-bond donors (Lipinski definition) is 2. The normalized spacial score (nSPS) is 15.2. The zero-order valence-corrected chi connectivity index (χ0v) is 17.8. The molecule has 1 amide bonds. The van der Waals surface area contributed by atoms with Crippen molar-refractivity contribution in [1.82, 2.24) is 5.32 Å². The van der Waals surface area contributed by atoms with Crippen LogP contribution in [0.4, 0.5) is 4.79 Å². The number of nitrogens with one attached hydrogen (secondary N) is 1. The lowest BCUT2D eigenvalue weighted by Gasteiger charge is -2.23. The van der Waals surface area contributed by atoms with Crippen LogP contribution in [0.2, 0.25) is 0 Å². The third kappa shape index (κ3) is 17.4. The first-order valence-corrected chi connectivity index (χ1v) is 10.0. The van der Waals surface area contributed by atoms with Gasteiger partial charge >= 0.3 is 6.09 Å². The second-order valence-corrected chi connectivity index (χ2v) is 7.58. The Morgan fingerprint density at radius 2 is 1.48 bits per heavy atom. The van der Waals surface area contributed by atoms with E-state index in [2.05, 4.69) is 54.8 Å². The summed E-state index contributed by atoms with van der Waals surface area (Å²) in [5, 5.41) is 12.8. The van der Waals surface area contributed by atoms with Crippen molar-refractivity contribution in [3.63, 3.8) is 0 Å². The predicted octanol–water partition coefficient (Wildman–Crippen LogP) is 5.85. The molecule has 154 valence electrons. The highest BCUT2D eigenvalue weighted by atomic mass is 16.6. The number of unbranched alkanes of at least 4 members (excludes halogenated alkanes) is 1. The van der Waals surface area contributed by atoms with Gasteiger partial charge in [0.2, 0.25) is 0 Å². The van der Waals surface area contributed by atoms with Gasteiger partial charge in [0.25, 0.3) is 0 Å². The molecule has 4 heteroatoms. The Kier molecular flexibility index (Phi) is 14.2. The largest absolute Gasteiger partial charge is 0.444 e. The van der Waals surface area contributed by atoms with Crippen LogP contribution in [0.25, 0.3) is 0 Å². The van der Waals surface area contributed by atoms with E-state index in [1.807, 2.05) is 26.8 Å². The van der Waals surface area contributed by atoms with Crippen LogP contribution in [0, 0.1) is 0 Å². The first kappa shape index (κ1) is 25.2. The lowest BCUT2D eigenvalue weighted by Crippen LogP contribution is -2.43. The molecule has 0 radical (unpaired) electrons. The highest BCUT2D eigenvalue weighted by Gasteiger charge is 2.20. The molecule has 0 aliphatic heterocycles. The van der Waals surface area contributed by atoms with Crippen molar-refractivity contribution in [2.45, 2.75) is 90.9 Å². The van der Waals surface area contributed by atoms with Crippen LogP contribution in [-0.2, 0) is 4.74 Å². The molecule has 0 aliphatic rings. The topological polar surface area (TPSA) is 58.6 Å². The summed E-state index contributed by atoms with van der Waals surface area (Å²) in [5.74, 6) is 0. The molecule has 0 aliphatic carbocycles. The minimum Gasteiger partial charge on any atom is -0.444 e. The van der Waals surface area contributed by atoms with E-state index in [1.165, 1.54) is 0 Å². The van der Waals surface area contributed by atoms with Crippen molar-refractivity contribution in [2.24, 2.45) is 0 Å². The maximum Gasteiger partial charge on any atom is 0.407 e. The summed E-state index contributed by atoms with van der Waals surface area (Å²) in [6, 6.07) is -0.358. The Balaban J connectivity index is 3.84. The summed E-state index contributed by atoms with van der Waals surface area (Å²) in [6.07, 6.45) is 21.5.